The first kappa shape index (κ1) is 11.0. The van der Waals surface area contributed by atoms with E-state index < -0.39 is 5.97 Å². The summed E-state index contributed by atoms with van der Waals surface area (Å²) in [5.74, 6) is -0.868. The van der Waals surface area contributed by atoms with Gasteiger partial charge in [-0.3, -0.25) is 4.68 Å². The average Bonchev–Trinajstić information content (AvgIpc) is 2.56. The lowest BCUT2D eigenvalue weighted by atomic mass is 10.2. The second-order valence-electron chi connectivity index (χ2n) is 3.97. The van der Waals surface area contributed by atoms with E-state index in [1.165, 1.54) is 0 Å². The number of nitrogens with zero attached hydrogens (tertiary/aromatic N) is 2. The summed E-state index contributed by atoms with van der Waals surface area (Å²) in [4.78, 5) is 11.0. The number of aromatic carboxylic acids is 1. The minimum absolute atomic E-state index is 0.379. The van der Waals surface area contributed by atoms with Crippen LogP contribution in [0.15, 0.2) is 6.07 Å². The van der Waals surface area contributed by atoms with Crippen molar-refractivity contribution in [3.8, 4) is 0 Å². The molecule has 0 saturated carbocycles. The van der Waals surface area contributed by atoms with Crippen LogP contribution in [0.3, 0.4) is 0 Å². The Labute approximate surface area is 94.2 Å². The van der Waals surface area contributed by atoms with Gasteiger partial charge in [-0.2, -0.15) is 0 Å². The van der Waals surface area contributed by atoms with E-state index in [0.29, 0.717) is 18.8 Å². The van der Waals surface area contributed by atoms with E-state index in [-0.39, 0.29) is 0 Å². The molecule has 0 amide bonds. The van der Waals surface area contributed by atoms with Crippen molar-refractivity contribution in [3.63, 3.8) is 0 Å². The van der Waals surface area contributed by atoms with Gasteiger partial charge in [0.1, 0.15) is 0 Å². The highest BCUT2D eigenvalue weighted by molar-refractivity contribution is 5.89. The van der Waals surface area contributed by atoms with Crippen molar-refractivity contribution < 1.29 is 14.6 Å². The fourth-order valence-corrected chi connectivity index (χ4v) is 2.16. The molecule has 88 valence electrons. The molecule has 0 aromatic carbocycles. The van der Waals surface area contributed by atoms with Crippen molar-refractivity contribution in [1.29, 1.82) is 0 Å². The zero-order valence-corrected chi connectivity index (χ0v) is 9.56. The largest absolute Gasteiger partial charge is 0.478 e. The molecule has 5 heteroatoms. The van der Waals surface area contributed by atoms with E-state index in [4.69, 9.17) is 9.84 Å². The number of hydrogen-bond acceptors (Lipinski definition) is 3. The van der Waals surface area contributed by atoms with Gasteiger partial charge in [0.15, 0.2) is 0 Å². The second kappa shape index (κ2) is 4.17. The number of aryl methyl sites for hydroxylation is 1. The molecule has 16 heavy (non-hydrogen) atoms. The predicted octanol–water partition coefficient (Wildman–Crippen LogP) is 0.771. The number of carboxylic acids is 1. The monoisotopic (exact) mass is 224 g/mol. The van der Waals surface area contributed by atoms with Gasteiger partial charge in [-0.25, -0.2) is 4.79 Å². The lowest BCUT2D eigenvalue weighted by Gasteiger charge is -2.32. The van der Waals surface area contributed by atoms with Crippen molar-refractivity contribution >= 4 is 5.97 Å². The van der Waals surface area contributed by atoms with Crippen LogP contribution in [0.25, 0.3) is 0 Å². The van der Waals surface area contributed by atoms with Crippen LogP contribution in [0.5, 0.6) is 0 Å². The molecule has 1 fully saturated rings. The number of hydrogen-bond donors (Lipinski definition) is 1. The van der Waals surface area contributed by atoms with E-state index in [9.17, 15) is 4.79 Å². The Morgan fingerprint density at radius 3 is 2.50 bits per heavy atom. The summed E-state index contributed by atoms with van der Waals surface area (Å²) in [6.07, 6.45) is 0. The van der Waals surface area contributed by atoms with Gasteiger partial charge >= 0.3 is 5.97 Å². The lowest BCUT2D eigenvalue weighted by molar-refractivity contribution is 0.0696. The first-order valence-corrected chi connectivity index (χ1v) is 5.36. The van der Waals surface area contributed by atoms with E-state index in [1.54, 1.807) is 6.07 Å². The Morgan fingerprint density at radius 2 is 2.00 bits per heavy atom. The molecular formula is C11H16N2O3. The molecule has 1 aliphatic heterocycles. The molecule has 0 aliphatic carbocycles. The molecule has 2 heterocycles. The van der Waals surface area contributed by atoms with Crippen molar-refractivity contribution in [2.75, 3.05) is 31.3 Å². The lowest BCUT2D eigenvalue weighted by Crippen LogP contribution is -2.45. The van der Waals surface area contributed by atoms with Crippen molar-refractivity contribution in [1.82, 2.24) is 4.68 Å². The standard InChI is InChI=1S/C11H16N2O3/c1-8-7-10(11(14)15)9(2)13(8)12-3-5-16-6-4-12/h7H,3-6H2,1-2H3,(H,14,15). The molecule has 5 nitrogen and oxygen atoms in total. The summed E-state index contributed by atoms with van der Waals surface area (Å²) < 4.78 is 7.26. The Kier molecular flexibility index (Phi) is 2.87. The third-order valence-electron chi connectivity index (χ3n) is 2.90. The highest BCUT2D eigenvalue weighted by Crippen LogP contribution is 2.16. The van der Waals surface area contributed by atoms with Crippen LogP contribution in [0, 0.1) is 13.8 Å². The van der Waals surface area contributed by atoms with Crippen LogP contribution < -0.4 is 5.01 Å². The molecule has 1 aromatic heterocycles. The third kappa shape index (κ3) is 1.78. The summed E-state index contributed by atoms with van der Waals surface area (Å²) in [7, 11) is 0. The van der Waals surface area contributed by atoms with Crippen LogP contribution in [-0.4, -0.2) is 42.1 Å². The number of morpholine rings is 1. The normalized spacial score (nSPS) is 16.5. The van der Waals surface area contributed by atoms with E-state index in [1.807, 2.05) is 18.5 Å². The Balaban J connectivity index is 2.36. The van der Waals surface area contributed by atoms with Crippen molar-refractivity contribution in [3.05, 3.63) is 23.0 Å². The zero-order chi connectivity index (χ0) is 11.7. The summed E-state index contributed by atoms with van der Waals surface area (Å²) in [6, 6.07) is 1.72. The van der Waals surface area contributed by atoms with Gasteiger partial charge in [0.25, 0.3) is 0 Å². The Bertz CT molecular complexity index is 406. The van der Waals surface area contributed by atoms with E-state index >= 15 is 0 Å². The van der Waals surface area contributed by atoms with Crippen molar-refractivity contribution in [2.45, 2.75) is 13.8 Å². The molecule has 1 aromatic rings. The minimum atomic E-state index is -0.868. The van der Waals surface area contributed by atoms with Gasteiger partial charge in [0.2, 0.25) is 0 Å². The van der Waals surface area contributed by atoms with E-state index in [0.717, 1.165) is 24.5 Å². The van der Waals surface area contributed by atoms with Gasteiger partial charge in [0, 0.05) is 5.69 Å². The molecule has 1 saturated heterocycles. The second-order valence-corrected chi connectivity index (χ2v) is 3.97. The maximum atomic E-state index is 11.0. The highest BCUT2D eigenvalue weighted by Gasteiger charge is 2.19. The summed E-state index contributed by atoms with van der Waals surface area (Å²) >= 11 is 0. The fourth-order valence-electron chi connectivity index (χ4n) is 2.16. The Hall–Kier alpha value is -1.49. The molecule has 1 N–H and O–H groups in total. The molecule has 0 bridgehead atoms. The van der Waals surface area contributed by atoms with Gasteiger partial charge in [-0.1, -0.05) is 0 Å². The molecule has 0 atom stereocenters. The quantitative estimate of drug-likeness (QED) is 0.806. The van der Waals surface area contributed by atoms with Crippen LogP contribution >= 0.6 is 0 Å². The van der Waals surface area contributed by atoms with Gasteiger partial charge < -0.3 is 14.9 Å². The summed E-state index contributed by atoms with van der Waals surface area (Å²) in [5.41, 5.74) is 2.12. The average molecular weight is 224 g/mol. The molecule has 1 aliphatic rings. The van der Waals surface area contributed by atoms with E-state index in [2.05, 4.69) is 5.01 Å². The Morgan fingerprint density at radius 1 is 1.38 bits per heavy atom. The SMILES string of the molecule is Cc1cc(C(=O)O)c(C)n1N1CCOCC1. The number of ether oxygens (including phenoxy) is 1. The number of aromatic nitrogens is 1. The maximum Gasteiger partial charge on any atom is 0.337 e. The number of rotatable bonds is 2. The number of carbonyl (C=O) groups is 1. The minimum Gasteiger partial charge on any atom is -0.478 e. The van der Waals surface area contributed by atoms with Crippen LogP contribution in [0.1, 0.15) is 21.7 Å². The number of carboxylic acid groups (broad SMARTS) is 1. The highest BCUT2D eigenvalue weighted by atomic mass is 16.5. The molecule has 2 rings (SSSR count). The fraction of sp³-hybridized carbons (Fsp3) is 0.545. The predicted molar refractivity (Wildman–Crippen MR) is 59.6 cm³/mol. The third-order valence-corrected chi connectivity index (χ3v) is 2.90. The molecule has 0 radical (unpaired) electrons. The van der Waals surface area contributed by atoms with Crippen LogP contribution in [-0.2, 0) is 4.74 Å². The molecule has 0 unspecified atom stereocenters. The first-order chi connectivity index (χ1) is 7.61. The maximum absolute atomic E-state index is 11.0. The summed E-state index contributed by atoms with van der Waals surface area (Å²) in [6.45, 7) is 6.75. The summed E-state index contributed by atoms with van der Waals surface area (Å²) in [5, 5.41) is 11.2. The van der Waals surface area contributed by atoms with Crippen LogP contribution in [0.4, 0.5) is 0 Å². The van der Waals surface area contributed by atoms with Crippen molar-refractivity contribution in [2.24, 2.45) is 0 Å². The smallest absolute Gasteiger partial charge is 0.337 e. The van der Waals surface area contributed by atoms with Gasteiger partial charge in [0.05, 0.1) is 37.6 Å². The molecule has 0 spiro atoms. The van der Waals surface area contributed by atoms with Gasteiger partial charge in [-0.05, 0) is 19.9 Å². The van der Waals surface area contributed by atoms with Gasteiger partial charge in [-0.15, -0.1) is 0 Å². The molecular weight excluding hydrogens is 208 g/mol. The zero-order valence-electron chi connectivity index (χ0n) is 9.56. The topological polar surface area (TPSA) is 54.7 Å². The van der Waals surface area contributed by atoms with Crippen LogP contribution in [0.2, 0.25) is 0 Å². The first-order valence-electron chi connectivity index (χ1n) is 5.36.